The van der Waals surface area contributed by atoms with Crippen LogP contribution in [-0.4, -0.2) is 54.3 Å². The van der Waals surface area contributed by atoms with Crippen LogP contribution in [0.1, 0.15) is 35.6 Å². The van der Waals surface area contributed by atoms with Gasteiger partial charge in [-0.3, -0.25) is 9.59 Å². The van der Waals surface area contributed by atoms with Gasteiger partial charge in [0.15, 0.2) is 5.76 Å². The van der Waals surface area contributed by atoms with Crippen LogP contribution in [0.25, 0.3) is 0 Å². The van der Waals surface area contributed by atoms with Gasteiger partial charge in [-0.2, -0.15) is 0 Å². The van der Waals surface area contributed by atoms with Crippen LogP contribution in [0.4, 0.5) is 0 Å². The number of hydrogen-bond donors (Lipinski definition) is 1. The summed E-state index contributed by atoms with van der Waals surface area (Å²) in [5.74, 6) is 0.971. The van der Waals surface area contributed by atoms with Crippen LogP contribution in [0.3, 0.4) is 0 Å². The molecule has 2 bridgehead atoms. The fourth-order valence-corrected chi connectivity index (χ4v) is 3.05. The summed E-state index contributed by atoms with van der Waals surface area (Å²) >= 11 is 0. The van der Waals surface area contributed by atoms with E-state index in [9.17, 15) is 9.59 Å². The van der Waals surface area contributed by atoms with Gasteiger partial charge in [0.2, 0.25) is 5.91 Å². The molecule has 0 radical (unpaired) electrons. The number of amides is 2. The van der Waals surface area contributed by atoms with Crippen molar-refractivity contribution in [3.63, 3.8) is 0 Å². The molecule has 2 atom stereocenters. The average molecular weight is 291 g/mol. The Bertz CT molecular complexity index is 552. The molecule has 1 aromatic heterocycles. The molecule has 2 aliphatic heterocycles. The van der Waals surface area contributed by atoms with Crippen LogP contribution < -0.4 is 5.32 Å². The van der Waals surface area contributed by atoms with Crippen molar-refractivity contribution in [2.24, 2.45) is 0 Å². The highest BCUT2D eigenvalue weighted by molar-refractivity contribution is 5.91. The second-order valence-corrected chi connectivity index (χ2v) is 6.08. The Morgan fingerprint density at radius 3 is 2.90 bits per heavy atom. The van der Waals surface area contributed by atoms with Crippen LogP contribution in [0.2, 0.25) is 0 Å². The van der Waals surface area contributed by atoms with Gasteiger partial charge >= 0.3 is 0 Å². The quantitative estimate of drug-likeness (QED) is 0.896. The third-order valence-electron chi connectivity index (χ3n) is 4.17. The molecule has 1 aromatic rings. The molecule has 6 heteroatoms. The average Bonchev–Trinajstić information content (AvgIpc) is 3.03. The second kappa shape index (κ2) is 5.52. The number of furan rings is 1. The molecule has 0 unspecified atom stereocenters. The summed E-state index contributed by atoms with van der Waals surface area (Å²) in [5.41, 5.74) is 0. The lowest BCUT2D eigenvalue weighted by atomic mass is 10.1. The lowest BCUT2D eigenvalue weighted by Crippen LogP contribution is -2.37. The number of fused-ring (bicyclic) bond motifs is 2. The highest BCUT2D eigenvalue weighted by Gasteiger charge is 2.33. The number of hydrogen-bond acceptors (Lipinski definition) is 4. The van der Waals surface area contributed by atoms with Crippen molar-refractivity contribution in [3.8, 4) is 0 Å². The highest BCUT2D eigenvalue weighted by Crippen LogP contribution is 2.23. The zero-order chi connectivity index (χ0) is 15.0. The minimum absolute atomic E-state index is 0.159. The van der Waals surface area contributed by atoms with Gasteiger partial charge in [0.1, 0.15) is 5.76 Å². The summed E-state index contributed by atoms with van der Waals surface area (Å²) in [7, 11) is 3.37. The van der Waals surface area contributed by atoms with Crippen LogP contribution in [0.5, 0.6) is 0 Å². The Morgan fingerprint density at radius 1 is 1.38 bits per heavy atom. The van der Waals surface area contributed by atoms with Gasteiger partial charge < -0.3 is 19.5 Å². The van der Waals surface area contributed by atoms with E-state index in [0.29, 0.717) is 43.1 Å². The van der Waals surface area contributed by atoms with Gasteiger partial charge in [-0.25, -0.2) is 0 Å². The fraction of sp³-hybridized carbons (Fsp3) is 0.600. The van der Waals surface area contributed by atoms with Crippen molar-refractivity contribution < 1.29 is 14.0 Å². The first-order valence-corrected chi connectivity index (χ1v) is 7.37. The third-order valence-corrected chi connectivity index (χ3v) is 4.17. The molecule has 0 aromatic carbocycles. The molecule has 2 saturated heterocycles. The van der Waals surface area contributed by atoms with E-state index in [1.165, 1.54) is 4.90 Å². The Labute approximate surface area is 124 Å². The zero-order valence-corrected chi connectivity index (χ0v) is 12.5. The van der Waals surface area contributed by atoms with Crippen molar-refractivity contribution in [2.75, 3.05) is 20.6 Å². The first kappa shape index (κ1) is 14.1. The predicted octanol–water partition coefficient (Wildman–Crippen LogP) is 0.834. The molecule has 114 valence electrons. The molecule has 21 heavy (non-hydrogen) atoms. The van der Waals surface area contributed by atoms with Gasteiger partial charge in [-0.15, -0.1) is 0 Å². The van der Waals surface area contributed by atoms with Crippen LogP contribution in [0, 0.1) is 0 Å². The topological polar surface area (TPSA) is 65.8 Å². The molecule has 1 N–H and O–H groups in total. The molecule has 6 nitrogen and oxygen atoms in total. The van der Waals surface area contributed by atoms with Gasteiger partial charge in [0, 0.05) is 39.1 Å². The lowest BCUT2D eigenvalue weighted by molar-refractivity contribution is -0.132. The van der Waals surface area contributed by atoms with Gasteiger partial charge in [-0.1, -0.05) is 0 Å². The molecule has 2 fully saturated rings. The summed E-state index contributed by atoms with van der Waals surface area (Å²) in [5, 5.41) is 3.48. The highest BCUT2D eigenvalue weighted by atomic mass is 16.4. The van der Waals surface area contributed by atoms with E-state index in [2.05, 4.69) is 5.32 Å². The van der Waals surface area contributed by atoms with E-state index in [4.69, 9.17) is 4.42 Å². The Hall–Kier alpha value is -1.82. The molecule has 2 amide bonds. The monoisotopic (exact) mass is 291 g/mol. The molecular formula is C15H21N3O3. The standard InChI is InChI=1S/C15H21N3O3/c1-17(2)15(20)13-6-5-12(21-13)9-18-8-11-4-3-10(16-11)7-14(18)19/h5-6,10-11,16H,3-4,7-9H2,1-2H3/t10-,11+/m1/s1. The fourth-order valence-electron chi connectivity index (χ4n) is 3.05. The van der Waals surface area contributed by atoms with Crippen molar-refractivity contribution in [2.45, 2.75) is 37.9 Å². The Morgan fingerprint density at radius 2 is 2.14 bits per heavy atom. The van der Waals surface area contributed by atoms with Crippen LogP contribution >= 0.6 is 0 Å². The minimum atomic E-state index is -0.163. The summed E-state index contributed by atoms with van der Waals surface area (Å²) in [6, 6.07) is 4.17. The van der Waals surface area contributed by atoms with E-state index < -0.39 is 0 Å². The molecule has 2 aliphatic rings. The maximum Gasteiger partial charge on any atom is 0.289 e. The summed E-state index contributed by atoms with van der Waals surface area (Å²) in [6.45, 7) is 1.15. The number of rotatable bonds is 3. The summed E-state index contributed by atoms with van der Waals surface area (Å²) in [6.07, 6.45) is 2.77. The third kappa shape index (κ3) is 2.95. The smallest absolute Gasteiger partial charge is 0.289 e. The van der Waals surface area contributed by atoms with Gasteiger partial charge in [0.25, 0.3) is 5.91 Å². The molecule has 0 aliphatic carbocycles. The molecule has 0 spiro atoms. The van der Waals surface area contributed by atoms with E-state index in [0.717, 1.165) is 12.8 Å². The van der Waals surface area contributed by atoms with Crippen LogP contribution in [-0.2, 0) is 11.3 Å². The molecular weight excluding hydrogens is 270 g/mol. The Kier molecular flexibility index (Phi) is 3.71. The van der Waals surface area contributed by atoms with Crippen molar-refractivity contribution in [1.82, 2.24) is 15.1 Å². The van der Waals surface area contributed by atoms with E-state index in [1.54, 1.807) is 26.2 Å². The maximum absolute atomic E-state index is 12.2. The van der Waals surface area contributed by atoms with E-state index in [1.807, 2.05) is 4.90 Å². The maximum atomic E-state index is 12.2. The first-order chi connectivity index (χ1) is 10.0. The number of carbonyl (C=O) groups is 2. The second-order valence-electron chi connectivity index (χ2n) is 6.08. The summed E-state index contributed by atoms with van der Waals surface area (Å²) < 4.78 is 5.57. The number of nitrogens with zero attached hydrogens (tertiary/aromatic N) is 2. The van der Waals surface area contributed by atoms with E-state index >= 15 is 0 Å². The van der Waals surface area contributed by atoms with Crippen molar-refractivity contribution >= 4 is 11.8 Å². The van der Waals surface area contributed by atoms with Crippen molar-refractivity contribution in [3.05, 3.63) is 23.7 Å². The molecule has 3 heterocycles. The largest absolute Gasteiger partial charge is 0.454 e. The normalized spacial score (nSPS) is 25.0. The van der Waals surface area contributed by atoms with E-state index in [-0.39, 0.29) is 11.8 Å². The van der Waals surface area contributed by atoms with Crippen LogP contribution in [0.15, 0.2) is 16.5 Å². The lowest BCUT2D eigenvalue weighted by Gasteiger charge is -2.23. The molecule has 3 rings (SSSR count). The van der Waals surface area contributed by atoms with Gasteiger partial charge in [-0.05, 0) is 25.0 Å². The number of likely N-dealkylation sites (tertiary alicyclic amines) is 1. The summed E-state index contributed by atoms with van der Waals surface area (Å²) in [4.78, 5) is 27.3. The number of carbonyl (C=O) groups excluding carboxylic acids is 2. The SMILES string of the molecule is CN(C)C(=O)c1ccc(CN2C[C@@H]3CC[C@H](CC2=O)N3)o1. The predicted molar refractivity (Wildman–Crippen MR) is 76.7 cm³/mol. The zero-order valence-electron chi connectivity index (χ0n) is 12.5. The van der Waals surface area contributed by atoms with Crippen molar-refractivity contribution in [1.29, 1.82) is 0 Å². The van der Waals surface area contributed by atoms with Gasteiger partial charge in [0.05, 0.1) is 6.54 Å². The molecule has 0 saturated carbocycles. The first-order valence-electron chi connectivity index (χ1n) is 7.37. The minimum Gasteiger partial charge on any atom is -0.454 e. The number of nitrogens with one attached hydrogen (secondary N) is 1. The Balaban J connectivity index is 1.68.